The van der Waals surface area contributed by atoms with Crippen molar-refractivity contribution in [2.75, 3.05) is 18.2 Å². The van der Waals surface area contributed by atoms with E-state index in [0.29, 0.717) is 17.8 Å². The van der Waals surface area contributed by atoms with Crippen LogP contribution in [0.5, 0.6) is 5.75 Å². The first kappa shape index (κ1) is 19.0. The van der Waals surface area contributed by atoms with E-state index < -0.39 is 40.8 Å². The van der Waals surface area contributed by atoms with Gasteiger partial charge in [-0.1, -0.05) is 11.7 Å². The summed E-state index contributed by atoms with van der Waals surface area (Å²) in [5, 5.41) is 1.34. The van der Waals surface area contributed by atoms with E-state index in [1.54, 1.807) is 6.92 Å². The van der Waals surface area contributed by atoms with Crippen molar-refractivity contribution in [1.82, 2.24) is 5.64 Å². The molecule has 0 amide bonds. The van der Waals surface area contributed by atoms with E-state index >= 15 is 0 Å². The van der Waals surface area contributed by atoms with Crippen LogP contribution in [0, 0.1) is 36.0 Å². The van der Waals surface area contributed by atoms with Crippen molar-refractivity contribution in [2.45, 2.75) is 6.92 Å². The maximum Gasteiger partial charge on any atom is 0.343 e. The number of nitrogens with one attached hydrogen (secondary N) is 1. The minimum Gasteiger partial charge on any atom is -0.416 e. The van der Waals surface area contributed by atoms with Gasteiger partial charge in [-0.2, -0.15) is 13.7 Å². The van der Waals surface area contributed by atoms with E-state index in [-0.39, 0.29) is 12.2 Å². The lowest BCUT2D eigenvalue weighted by atomic mass is 10.1. The molecule has 1 aliphatic rings. The fraction of sp³-hybridized carbons (Fsp3) is 0.188. The highest BCUT2D eigenvalue weighted by atomic mass is 19.2. The van der Waals surface area contributed by atoms with Gasteiger partial charge in [0.25, 0.3) is 0 Å². The Kier molecular flexibility index (Phi) is 5.26. The fourth-order valence-corrected chi connectivity index (χ4v) is 2.29. The number of benzene rings is 2. The number of anilines is 1. The van der Waals surface area contributed by atoms with Gasteiger partial charge in [0.1, 0.15) is 0 Å². The number of aryl methyl sites for hydroxylation is 1. The van der Waals surface area contributed by atoms with Crippen molar-refractivity contribution < 1.29 is 41.3 Å². The first-order chi connectivity index (χ1) is 12.8. The number of carbonyl (C=O) groups is 1. The topological polar surface area (TPSA) is 60.0 Å². The smallest absolute Gasteiger partial charge is 0.343 e. The van der Waals surface area contributed by atoms with Gasteiger partial charge in [-0.15, -0.1) is 0 Å². The average molecular weight is 390 g/mol. The third-order valence-electron chi connectivity index (χ3n) is 3.68. The van der Waals surface area contributed by atoms with Crippen LogP contribution in [-0.2, 0) is 9.78 Å². The highest BCUT2D eigenvalue weighted by Gasteiger charge is 2.29. The number of hydroxylamine groups is 1. The summed E-state index contributed by atoms with van der Waals surface area (Å²) < 4.78 is 71.3. The van der Waals surface area contributed by atoms with Gasteiger partial charge in [0.05, 0.1) is 24.4 Å². The molecule has 0 radical (unpaired) electrons. The number of rotatable bonds is 3. The largest absolute Gasteiger partial charge is 0.416 e. The molecular weight excluding hydrogens is 379 g/mol. The van der Waals surface area contributed by atoms with Crippen LogP contribution in [0.1, 0.15) is 15.9 Å². The number of halogens is 5. The van der Waals surface area contributed by atoms with Gasteiger partial charge in [-0.05, 0) is 24.6 Å². The van der Waals surface area contributed by atoms with Crippen LogP contribution in [-0.4, -0.2) is 19.1 Å². The average Bonchev–Trinajstić information content (AvgIpc) is 2.69. The number of carbonyl (C=O) groups excluding carboxylic acids is 1. The van der Waals surface area contributed by atoms with Crippen molar-refractivity contribution in [1.29, 1.82) is 0 Å². The molecular formula is C16H11F5N2O4. The summed E-state index contributed by atoms with van der Waals surface area (Å²) in [6.45, 7) is 2.26. The van der Waals surface area contributed by atoms with E-state index in [9.17, 15) is 26.7 Å². The second-order valence-corrected chi connectivity index (χ2v) is 5.42. The predicted octanol–water partition coefficient (Wildman–Crippen LogP) is 3.10. The van der Waals surface area contributed by atoms with Crippen LogP contribution in [0.4, 0.5) is 27.6 Å². The van der Waals surface area contributed by atoms with Crippen molar-refractivity contribution in [2.24, 2.45) is 0 Å². The Morgan fingerprint density at radius 3 is 2.30 bits per heavy atom. The Balaban J connectivity index is 1.92. The van der Waals surface area contributed by atoms with Crippen LogP contribution in [0.25, 0.3) is 0 Å². The zero-order chi connectivity index (χ0) is 19.7. The zero-order valence-electron chi connectivity index (χ0n) is 13.6. The number of nitrogens with zero attached hydrogens (tertiary/aromatic N) is 1. The lowest BCUT2D eigenvalue weighted by molar-refractivity contribution is -0.210. The SMILES string of the molecule is Cc1ccc(C(=O)Oc2c(F)c(F)c(F)c(F)c2F)cc1N1CCONO1. The highest BCUT2D eigenvalue weighted by Crippen LogP contribution is 2.30. The predicted molar refractivity (Wildman–Crippen MR) is 79.9 cm³/mol. The minimum atomic E-state index is -2.35. The summed E-state index contributed by atoms with van der Waals surface area (Å²) in [6.07, 6.45) is 0. The third-order valence-corrected chi connectivity index (χ3v) is 3.68. The van der Waals surface area contributed by atoms with Gasteiger partial charge >= 0.3 is 5.97 Å². The van der Waals surface area contributed by atoms with E-state index in [1.807, 2.05) is 0 Å². The van der Waals surface area contributed by atoms with Gasteiger partial charge in [-0.25, -0.2) is 23.0 Å². The zero-order valence-corrected chi connectivity index (χ0v) is 13.6. The molecule has 0 aromatic heterocycles. The Labute approximate surface area is 148 Å². The maximum absolute atomic E-state index is 13.7. The van der Waals surface area contributed by atoms with Crippen LogP contribution in [0.3, 0.4) is 0 Å². The van der Waals surface area contributed by atoms with E-state index in [4.69, 9.17) is 9.78 Å². The first-order valence-corrected chi connectivity index (χ1v) is 7.46. The molecule has 1 heterocycles. The van der Waals surface area contributed by atoms with Crippen LogP contribution in [0.2, 0.25) is 0 Å². The number of hydrogen-bond donors (Lipinski definition) is 1. The Hall–Kier alpha value is -2.76. The fourth-order valence-electron chi connectivity index (χ4n) is 2.29. The van der Waals surface area contributed by atoms with Crippen molar-refractivity contribution in [3.05, 3.63) is 58.4 Å². The molecule has 2 aromatic rings. The van der Waals surface area contributed by atoms with Gasteiger partial charge in [0.15, 0.2) is 0 Å². The normalized spacial score (nSPS) is 14.4. The summed E-state index contributed by atoms with van der Waals surface area (Å²) in [4.78, 5) is 22.0. The molecule has 1 fully saturated rings. The molecule has 3 rings (SSSR count). The van der Waals surface area contributed by atoms with Gasteiger partial charge in [0, 0.05) is 0 Å². The molecule has 2 aromatic carbocycles. The molecule has 0 bridgehead atoms. The van der Waals surface area contributed by atoms with Crippen LogP contribution < -0.4 is 15.4 Å². The number of ether oxygens (including phenoxy) is 1. The van der Waals surface area contributed by atoms with Gasteiger partial charge in [-0.3, -0.25) is 4.84 Å². The van der Waals surface area contributed by atoms with Crippen LogP contribution >= 0.6 is 0 Å². The molecule has 1 aliphatic heterocycles. The third kappa shape index (κ3) is 3.56. The number of esters is 1. The van der Waals surface area contributed by atoms with Gasteiger partial charge < -0.3 is 4.74 Å². The molecule has 0 spiro atoms. The van der Waals surface area contributed by atoms with Gasteiger partial charge in [0.2, 0.25) is 34.8 Å². The molecule has 0 atom stereocenters. The Bertz CT molecular complexity index is 874. The molecule has 144 valence electrons. The molecule has 6 nitrogen and oxygen atoms in total. The second kappa shape index (κ2) is 7.47. The molecule has 0 saturated carbocycles. The van der Waals surface area contributed by atoms with E-state index in [0.717, 1.165) is 0 Å². The molecule has 27 heavy (non-hydrogen) atoms. The molecule has 1 N–H and O–H groups in total. The number of hydrogen-bond acceptors (Lipinski definition) is 6. The van der Waals surface area contributed by atoms with Crippen molar-refractivity contribution in [3.8, 4) is 5.75 Å². The van der Waals surface area contributed by atoms with E-state index in [2.05, 4.69) is 10.4 Å². The van der Waals surface area contributed by atoms with Crippen LogP contribution in [0.15, 0.2) is 18.2 Å². The molecule has 1 saturated heterocycles. The monoisotopic (exact) mass is 390 g/mol. The lowest BCUT2D eigenvalue weighted by Crippen LogP contribution is -2.41. The Morgan fingerprint density at radius 1 is 1.07 bits per heavy atom. The second-order valence-electron chi connectivity index (χ2n) is 5.42. The standard InChI is InChI=1S/C16H11F5N2O4/c1-7-2-3-8(6-9(7)23-4-5-25-22-27-23)16(24)26-15-13(20)11(18)10(17)12(19)14(15)21/h2-3,6,22H,4-5H2,1H3. The summed E-state index contributed by atoms with van der Waals surface area (Å²) in [6, 6.07) is 4.03. The summed E-state index contributed by atoms with van der Waals surface area (Å²) in [5.41, 5.74) is 3.05. The molecule has 0 unspecified atom stereocenters. The molecule has 0 aliphatic carbocycles. The minimum absolute atomic E-state index is 0.199. The van der Waals surface area contributed by atoms with E-state index in [1.165, 1.54) is 23.3 Å². The highest BCUT2D eigenvalue weighted by molar-refractivity contribution is 5.92. The Morgan fingerprint density at radius 2 is 1.70 bits per heavy atom. The first-order valence-electron chi connectivity index (χ1n) is 7.46. The maximum atomic E-state index is 13.7. The summed E-state index contributed by atoms with van der Waals surface area (Å²) in [5.74, 6) is -14.3. The lowest BCUT2D eigenvalue weighted by Gasteiger charge is -2.28. The summed E-state index contributed by atoms with van der Waals surface area (Å²) >= 11 is 0. The van der Waals surface area contributed by atoms with Crippen molar-refractivity contribution in [3.63, 3.8) is 0 Å². The summed E-state index contributed by atoms with van der Waals surface area (Å²) in [7, 11) is 0. The molecule has 11 heteroatoms. The quantitative estimate of drug-likeness (QED) is 0.286. The van der Waals surface area contributed by atoms with Crippen molar-refractivity contribution >= 4 is 11.7 Å².